The van der Waals surface area contributed by atoms with Crippen LogP contribution in [0.4, 0.5) is 4.79 Å². The average Bonchev–Trinajstić information content (AvgIpc) is 2.80. The second kappa shape index (κ2) is 7.30. The van der Waals surface area contributed by atoms with Crippen molar-refractivity contribution < 1.29 is 17.6 Å². The van der Waals surface area contributed by atoms with Gasteiger partial charge in [0.25, 0.3) is 0 Å². The van der Waals surface area contributed by atoms with Crippen LogP contribution in [0.1, 0.15) is 11.8 Å². The van der Waals surface area contributed by atoms with Crippen LogP contribution in [-0.4, -0.2) is 58.5 Å². The summed E-state index contributed by atoms with van der Waals surface area (Å²) in [7, 11) is 0.705. The minimum absolute atomic E-state index is 0.0737. The number of likely N-dealkylation sites (N-methyl/N-ethyl adjacent to an activating group) is 1. The van der Waals surface area contributed by atoms with E-state index in [0.29, 0.717) is 6.54 Å². The number of furan rings is 1. The molecular weight excluding hydrogens is 282 g/mol. The van der Waals surface area contributed by atoms with Crippen LogP contribution in [0.3, 0.4) is 0 Å². The normalized spacial score (nSPS) is 13.2. The summed E-state index contributed by atoms with van der Waals surface area (Å²) in [5, 5.41) is 5.19. The molecule has 2 N–H and O–H groups in total. The van der Waals surface area contributed by atoms with Crippen molar-refractivity contribution in [2.75, 3.05) is 39.2 Å². The number of nitrogens with zero attached hydrogens (tertiary/aromatic N) is 1. The predicted octanol–water partition coefficient (Wildman–Crippen LogP) is 0.226. The molecule has 0 radical (unpaired) electrons. The third-order valence-electron chi connectivity index (χ3n) is 2.71. The van der Waals surface area contributed by atoms with Gasteiger partial charge in [-0.05, 0) is 26.2 Å². The van der Waals surface area contributed by atoms with Gasteiger partial charge in [-0.3, -0.25) is 4.90 Å². The van der Waals surface area contributed by atoms with Crippen molar-refractivity contribution in [3.63, 3.8) is 0 Å². The van der Waals surface area contributed by atoms with E-state index in [4.69, 9.17) is 4.42 Å². The van der Waals surface area contributed by atoms with Crippen LogP contribution in [0.2, 0.25) is 0 Å². The van der Waals surface area contributed by atoms with Crippen LogP contribution in [0, 0.1) is 0 Å². The fourth-order valence-electron chi connectivity index (χ4n) is 1.62. The molecule has 0 saturated carbocycles. The maximum Gasteiger partial charge on any atom is 0.314 e. The summed E-state index contributed by atoms with van der Waals surface area (Å²) in [6.07, 6.45) is 2.71. The van der Waals surface area contributed by atoms with Gasteiger partial charge in [-0.25, -0.2) is 13.2 Å². The first kappa shape index (κ1) is 16.5. The Morgan fingerprint density at radius 3 is 2.60 bits per heavy atom. The second-order valence-electron chi connectivity index (χ2n) is 4.76. The molecule has 0 aliphatic carbocycles. The van der Waals surface area contributed by atoms with Crippen molar-refractivity contribution in [1.29, 1.82) is 0 Å². The molecule has 0 aliphatic heterocycles. The highest BCUT2D eigenvalue weighted by Gasteiger charge is 2.17. The van der Waals surface area contributed by atoms with Gasteiger partial charge < -0.3 is 15.1 Å². The zero-order valence-corrected chi connectivity index (χ0v) is 12.7. The van der Waals surface area contributed by atoms with Crippen molar-refractivity contribution in [1.82, 2.24) is 15.5 Å². The number of carbonyl (C=O) groups excluding carboxylic acids is 1. The number of urea groups is 1. The van der Waals surface area contributed by atoms with E-state index in [-0.39, 0.29) is 18.3 Å². The Bertz CT molecular complexity index is 511. The minimum Gasteiger partial charge on any atom is -0.468 e. The van der Waals surface area contributed by atoms with Crippen LogP contribution in [0.15, 0.2) is 22.8 Å². The van der Waals surface area contributed by atoms with Crippen molar-refractivity contribution >= 4 is 15.9 Å². The highest BCUT2D eigenvalue weighted by atomic mass is 32.2. The average molecular weight is 303 g/mol. The monoisotopic (exact) mass is 303 g/mol. The molecule has 1 atom stereocenters. The Labute approximate surface area is 119 Å². The van der Waals surface area contributed by atoms with Crippen LogP contribution in [-0.2, 0) is 9.84 Å². The van der Waals surface area contributed by atoms with Gasteiger partial charge >= 0.3 is 6.03 Å². The smallest absolute Gasteiger partial charge is 0.314 e. The Morgan fingerprint density at radius 1 is 1.40 bits per heavy atom. The Hall–Kier alpha value is -1.54. The maximum atomic E-state index is 11.6. The molecule has 0 unspecified atom stereocenters. The molecule has 0 spiro atoms. The lowest BCUT2D eigenvalue weighted by Crippen LogP contribution is -2.41. The van der Waals surface area contributed by atoms with E-state index in [0.717, 1.165) is 12.0 Å². The number of nitrogens with one attached hydrogen (secondary N) is 2. The molecule has 0 aromatic carbocycles. The van der Waals surface area contributed by atoms with E-state index in [1.807, 2.05) is 25.1 Å². The molecule has 1 aromatic rings. The van der Waals surface area contributed by atoms with Crippen molar-refractivity contribution in [2.24, 2.45) is 0 Å². The molecule has 1 heterocycles. The van der Waals surface area contributed by atoms with Crippen LogP contribution < -0.4 is 10.6 Å². The van der Waals surface area contributed by atoms with Crippen LogP contribution in [0.25, 0.3) is 0 Å². The largest absolute Gasteiger partial charge is 0.468 e. The van der Waals surface area contributed by atoms with E-state index in [1.54, 1.807) is 12.3 Å². The molecule has 0 aliphatic rings. The molecule has 7 nitrogen and oxygen atoms in total. The van der Waals surface area contributed by atoms with Gasteiger partial charge in [-0.2, -0.15) is 0 Å². The summed E-state index contributed by atoms with van der Waals surface area (Å²) < 4.78 is 27.2. The minimum atomic E-state index is -3.07. The van der Waals surface area contributed by atoms with Crippen molar-refractivity contribution in [3.05, 3.63) is 24.2 Å². The fourth-order valence-corrected chi connectivity index (χ4v) is 2.09. The summed E-state index contributed by atoms with van der Waals surface area (Å²) in [5.41, 5.74) is 0. The number of rotatable bonds is 7. The van der Waals surface area contributed by atoms with Gasteiger partial charge in [0.2, 0.25) is 0 Å². The fraction of sp³-hybridized carbons (Fsp3) is 0.583. The van der Waals surface area contributed by atoms with E-state index in [2.05, 4.69) is 10.6 Å². The standard InChI is InChI=1S/C12H21N3O4S/c1-15(2)10(11-5-4-7-19-11)9-14-12(16)13-6-8-20(3,17)18/h4-5,7,10H,6,8-9H2,1-3H3,(H2,13,14,16)/t10-/m0/s1. The van der Waals surface area contributed by atoms with Crippen molar-refractivity contribution in [3.8, 4) is 0 Å². The maximum absolute atomic E-state index is 11.6. The van der Waals surface area contributed by atoms with Gasteiger partial charge in [0.15, 0.2) is 0 Å². The summed E-state index contributed by atoms with van der Waals surface area (Å²) in [6.45, 7) is 0.462. The molecule has 114 valence electrons. The molecule has 1 rings (SSSR count). The molecule has 2 amide bonds. The van der Waals surface area contributed by atoms with Gasteiger partial charge in [0.1, 0.15) is 15.6 Å². The van der Waals surface area contributed by atoms with E-state index >= 15 is 0 Å². The molecule has 1 aromatic heterocycles. The first-order valence-corrected chi connectivity index (χ1v) is 8.25. The lowest BCUT2D eigenvalue weighted by atomic mass is 10.2. The lowest BCUT2D eigenvalue weighted by Gasteiger charge is -2.22. The highest BCUT2D eigenvalue weighted by Crippen LogP contribution is 2.17. The van der Waals surface area contributed by atoms with E-state index < -0.39 is 15.9 Å². The van der Waals surface area contributed by atoms with Crippen molar-refractivity contribution in [2.45, 2.75) is 6.04 Å². The van der Waals surface area contributed by atoms with Crippen LogP contribution in [0.5, 0.6) is 0 Å². The number of carbonyl (C=O) groups is 1. The molecule has 0 bridgehead atoms. The topological polar surface area (TPSA) is 91.7 Å². The summed E-state index contributed by atoms with van der Waals surface area (Å²) in [6, 6.07) is 3.16. The van der Waals surface area contributed by atoms with Gasteiger partial charge in [-0.1, -0.05) is 0 Å². The SMILES string of the molecule is CN(C)[C@@H](CNC(=O)NCCS(C)(=O)=O)c1ccco1. The molecule has 0 saturated heterocycles. The molecule has 8 heteroatoms. The molecule has 20 heavy (non-hydrogen) atoms. The van der Waals surface area contributed by atoms with Gasteiger partial charge in [0.05, 0.1) is 18.1 Å². The number of amides is 2. The quantitative estimate of drug-likeness (QED) is 0.752. The Kier molecular flexibility index (Phi) is 6.03. The zero-order chi connectivity index (χ0) is 15.2. The Balaban J connectivity index is 2.38. The number of hydrogen-bond acceptors (Lipinski definition) is 5. The predicted molar refractivity (Wildman–Crippen MR) is 76.2 cm³/mol. The van der Waals surface area contributed by atoms with Gasteiger partial charge in [0, 0.05) is 19.3 Å². The third-order valence-corrected chi connectivity index (χ3v) is 3.66. The van der Waals surface area contributed by atoms with Crippen LogP contribution >= 0.6 is 0 Å². The summed E-state index contributed by atoms with van der Waals surface area (Å²) >= 11 is 0. The second-order valence-corrected chi connectivity index (χ2v) is 7.02. The number of sulfone groups is 1. The molecule has 0 fully saturated rings. The first-order valence-electron chi connectivity index (χ1n) is 6.19. The lowest BCUT2D eigenvalue weighted by molar-refractivity contribution is 0.226. The van der Waals surface area contributed by atoms with E-state index in [9.17, 15) is 13.2 Å². The zero-order valence-electron chi connectivity index (χ0n) is 11.9. The summed E-state index contributed by atoms with van der Waals surface area (Å²) in [5.74, 6) is 0.682. The highest BCUT2D eigenvalue weighted by molar-refractivity contribution is 7.90. The van der Waals surface area contributed by atoms with E-state index in [1.165, 1.54) is 0 Å². The first-order chi connectivity index (χ1) is 9.29. The summed E-state index contributed by atoms with van der Waals surface area (Å²) in [4.78, 5) is 13.5. The Morgan fingerprint density at radius 2 is 2.10 bits per heavy atom. The van der Waals surface area contributed by atoms with Gasteiger partial charge in [-0.15, -0.1) is 0 Å². The third kappa shape index (κ3) is 6.07. The molecular formula is C12H21N3O4S. The number of hydrogen-bond donors (Lipinski definition) is 2.